The highest BCUT2D eigenvalue weighted by Crippen LogP contribution is 2.41. The van der Waals surface area contributed by atoms with E-state index in [4.69, 9.17) is 16.3 Å². The van der Waals surface area contributed by atoms with Crippen LogP contribution in [0.4, 0.5) is 4.79 Å². The van der Waals surface area contributed by atoms with E-state index >= 15 is 0 Å². The first-order valence-electron chi connectivity index (χ1n) is 10.6. The van der Waals surface area contributed by atoms with Gasteiger partial charge in [0.05, 0.1) is 10.6 Å². The van der Waals surface area contributed by atoms with Crippen LogP contribution < -0.4 is 5.32 Å². The summed E-state index contributed by atoms with van der Waals surface area (Å²) in [6, 6.07) is 8.34. The van der Waals surface area contributed by atoms with Crippen LogP contribution in [0.2, 0.25) is 5.02 Å². The third kappa shape index (κ3) is 5.10. The minimum absolute atomic E-state index is 0.0881. The molecule has 0 spiro atoms. The number of carbonyl (C=O) groups excluding carboxylic acids is 2. The smallest absolute Gasteiger partial charge is 0.410 e. The van der Waals surface area contributed by atoms with Crippen molar-refractivity contribution in [1.82, 2.24) is 10.2 Å². The summed E-state index contributed by atoms with van der Waals surface area (Å²) in [6.45, 7) is 8.25. The molecule has 3 rings (SSSR count). The molecule has 0 saturated heterocycles. The number of amides is 2. The molecule has 2 amide bonds. The van der Waals surface area contributed by atoms with E-state index in [0.29, 0.717) is 31.6 Å². The normalized spacial score (nSPS) is 16.2. The molecule has 0 aliphatic carbocycles. The first-order chi connectivity index (χ1) is 15.0. The van der Waals surface area contributed by atoms with E-state index in [9.17, 15) is 19.8 Å². The molecule has 1 unspecified atom stereocenters. The van der Waals surface area contributed by atoms with Crippen LogP contribution >= 0.6 is 11.6 Å². The Morgan fingerprint density at radius 3 is 2.47 bits per heavy atom. The van der Waals surface area contributed by atoms with Gasteiger partial charge in [-0.1, -0.05) is 23.7 Å². The number of phenolic OH excluding ortho intramolecular Hbond substituents is 2. The molecule has 0 bridgehead atoms. The van der Waals surface area contributed by atoms with Crippen molar-refractivity contribution in [2.24, 2.45) is 0 Å². The highest BCUT2D eigenvalue weighted by Gasteiger charge is 2.33. The molecule has 0 radical (unpaired) electrons. The number of hydrogen-bond donors (Lipinski definition) is 3. The lowest BCUT2D eigenvalue weighted by atomic mass is 9.86. The van der Waals surface area contributed by atoms with E-state index in [1.165, 1.54) is 0 Å². The zero-order valence-corrected chi connectivity index (χ0v) is 19.5. The van der Waals surface area contributed by atoms with Gasteiger partial charge in [-0.15, -0.1) is 0 Å². The summed E-state index contributed by atoms with van der Waals surface area (Å²) in [5.74, 6) is -0.913. The van der Waals surface area contributed by atoms with Crippen LogP contribution in [0.5, 0.6) is 11.5 Å². The zero-order valence-electron chi connectivity index (χ0n) is 18.7. The van der Waals surface area contributed by atoms with Gasteiger partial charge in [0.15, 0.2) is 0 Å². The molecule has 7 nitrogen and oxygen atoms in total. The van der Waals surface area contributed by atoms with Gasteiger partial charge < -0.3 is 25.2 Å². The maximum Gasteiger partial charge on any atom is 0.410 e. The number of hydrogen-bond acceptors (Lipinski definition) is 5. The van der Waals surface area contributed by atoms with Crippen LogP contribution in [0.25, 0.3) is 0 Å². The third-order valence-corrected chi connectivity index (χ3v) is 5.72. The summed E-state index contributed by atoms with van der Waals surface area (Å²) in [5.41, 5.74) is 1.71. The number of aromatic hydroxyl groups is 2. The van der Waals surface area contributed by atoms with Crippen molar-refractivity contribution in [1.29, 1.82) is 0 Å². The Balaban J connectivity index is 2.12. The van der Waals surface area contributed by atoms with Crippen LogP contribution in [0.3, 0.4) is 0 Å². The molecular formula is C24H29ClN2O5. The molecule has 2 aromatic rings. The molecule has 8 heteroatoms. The van der Waals surface area contributed by atoms with E-state index in [1.54, 1.807) is 42.2 Å². The molecule has 1 atom stereocenters. The van der Waals surface area contributed by atoms with Crippen LogP contribution in [0, 0.1) is 0 Å². The lowest BCUT2D eigenvalue weighted by molar-refractivity contribution is 0.0251. The van der Waals surface area contributed by atoms with Gasteiger partial charge in [0.2, 0.25) is 0 Å². The maximum atomic E-state index is 12.9. The van der Waals surface area contributed by atoms with E-state index in [0.717, 1.165) is 11.1 Å². The first kappa shape index (κ1) is 23.7. The number of nitrogens with zero attached hydrogens (tertiary/aromatic N) is 1. The molecule has 1 aliphatic heterocycles. The number of ether oxygens (including phenoxy) is 1. The Labute approximate surface area is 192 Å². The van der Waals surface area contributed by atoms with Crippen molar-refractivity contribution in [2.45, 2.75) is 45.6 Å². The Bertz CT molecular complexity index is 1010. The Morgan fingerprint density at radius 2 is 1.88 bits per heavy atom. The first-order valence-corrected chi connectivity index (χ1v) is 11.0. The predicted molar refractivity (Wildman–Crippen MR) is 123 cm³/mol. The number of benzene rings is 2. The summed E-state index contributed by atoms with van der Waals surface area (Å²) >= 11 is 6.54. The van der Waals surface area contributed by atoms with Gasteiger partial charge in [-0.3, -0.25) is 4.79 Å². The summed E-state index contributed by atoms with van der Waals surface area (Å²) in [7, 11) is 0. The molecule has 3 N–H and O–H groups in total. The van der Waals surface area contributed by atoms with E-state index < -0.39 is 17.6 Å². The lowest BCUT2D eigenvalue weighted by Crippen LogP contribution is -2.39. The monoisotopic (exact) mass is 460 g/mol. The van der Waals surface area contributed by atoms with E-state index in [1.807, 2.05) is 20.8 Å². The van der Waals surface area contributed by atoms with Gasteiger partial charge in [0, 0.05) is 25.6 Å². The molecule has 1 aliphatic rings. The van der Waals surface area contributed by atoms with Gasteiger partial charge in [-0.05, 0) is 69.0 Å². The number of halogens is 1. The average molecular weight is 461 g/mol. The standard InChI is InChI=1S/C24H29ClN2O5/c1-5-26-22(30)18-12-17-16(20(25)21(18)29)10-11-27(23(31)32-24(2,3)4)13-19(17)14-6-8-15(28)9-7-14/h6-9,12,19,28-29H,5,10-11,13H2,1-4H3,(H,26,30). The zero-order chi connectivity index (χ0) is 23.6. The highest BCUT2D eigenvalue weighted by molar-refractivity contribution is 6.33. The molecule has 0 saturated carbocycles. The van der Waals surface area contributed by atoms with Crippen LogP contribution in [0.1, 0.15) is 60.7 Å². The second-order valence-electron chi connectivity index (χ2n) is 8.83. The molecule has 1 heterocycles. The van der Waals surface area contributed by atoms with E-state index in [2.05, 4.69) is 5.32 Å². The fraction of sp³-hybridized carbons (Fsp3) is 0.417. The lowest BCUT2D eigenvalue weighted by Gasteiger charge is -2.29. The fourth-order valence-electron chi connectivity index (χ4n) is 3.83. The molecule has 32 heavy (non-hydrogen) atoms. The van der Waals surface area contributed by atoms with Crippen molar-refractivity contribution in [2.75, 3.05) is 19.6 Å². The van der Waals surface area contributed by atoms with Crippen molar-refractivity contribution < 1.29 is 24.5 Å². The van der Waals surface area contributed by atoms with E-state index in [-0.39, 0.29) is 28.0 Å². The van der Waals surface area contributed by atoms with Crippen molar-refractivity contribution >= 4 is 23.6 Å². The van der Waals surface area contributed by atoms with Crippen molar-refractivity contribution in [3.05, 3.63) is 57.6 Å². The molecule has 0 fully saturated rings. The third-order valence-electron chi connectivity index (χ3n) is 5.32. The minimum atomic E-state index is -0.647. The molecule has 172 valence electrons. The van der Waals surface area contributed by atoms with Gasteiger partial charge in [0.25, 0.3) is 5.91 Å². The molecule has 0 aromatic heterocycles. The number of carbonyl (C=O) groups is 2. The van der Waals surface area contributed by atoms with Gasteiger partial charge in [-0.25, -0.2) is 4.79 Å². The summed E-state index contributed by atoms with van der Waals surface area (Å²) in [5, 5.41) is 23.2. The second-order valence-corrected chi connectivity index (χ2v) is 9.21. The highest BCUT2D eigenvalue weighted by atomic mass is 35.5. The number of phenols is 2. The second kappa shape index (κ2) is 9.28. The van der Waals surface area contributed by atoms with Crippen LogP contribution in [-0.2, 0) is 11.2 Å². The number of fused-ring (bicyclic) bond motifs is 1. The van der Waals surface area contributed by atoms with Crippen molar-refractivity contribution in [3.8, 4) is 11.5 Å². The minimum Gasteiger partial charge on any atom is -0.508 e. The molecular weight excluding hydrogens is 432 g/mol. The summed E-state index contributed by atoms with van der Waals surface area (Å²) in [4.78, 5) is 27.1. The van der Waals surface area contributed by atoms with Crippen molar-refractivity contribution in [3.63, 3.8) is 0 Å². The average Bonchev–Trinajstić information content (AvgIpc) is 2.90. The SMILES string of the molecule is CCNC(=O)c1cc2c(c(Cl)c1O)CCN(C(=O)OC(C)(C)C)CC2c1ccc(O)cc1. The fourth-order valence-corrected chi connectivity index (χ4v) is 4.14. The maximum absolute atomic E-state index is 12.9. The number of nitrogens with one attached hydrogen (secondary N) is 1. The Morgan fingerprint density at radius 1 is 1.22 bits per heavy atom. The number of rotatable bonds is 3. The van der Waals surface area contributed by atoms with Crippen LogP contribution in [0.15, 0.2) is 30.3 Å². The summed E-state index contributed by atoms with van der Waals surface area (Å²) < 4.78 is 5.58. The van der Waals surface area contributed by atoms with Gasteiger partial charge >= 0.3 is 6.09 Å². The van der Waals surface area contributed by atoms with Crippen LogP contribution in [-0.4, -0.2) is 52.3 Å². The Kier molecular flexibility index (Phi) is 6.88. The topological polar surface area (TPSA) is 99.1 Å². The Hall–Kier alpha value is -2.93. The van der Waals surface area contributed by atoms with Gasteiger partial charge in [-0.2, -0.15) is 0 Å². The predicted octanol–water partition coefficient (Wildman–Crippen LogP) is 4.43. The quantitative estimate of drug-likeness (QED) is 0.629. The van der Waals surface area contributed by atoms with Gasteiger partial charge in [0.1, 0.15) is 17.1 Å². The summed E-state index contributed by atoms with van der Waals surface area (Å²) in [6.07, 6.45) is -0.0519. The molecule has 2 aromatic carbocycles. The largest absolute Gasteiger partial charge is 0.508 e.